The largest absolute Gasteiger partial charge is 0.491 e. The van der Waals surface area contributed by atoms with E-state index in [-0.39, 0.29) is 41.7 Å². The van der Waals surface area contributed by atoms with Gasteiger partial charge < -0.3 is 9.47 Å². The number of alkyl halides is 1. The summed E-state index contributed by atoms with van der Waals surface area (Å²) in [6, 6.07) is 20.0. The quantitative estimate of drug-likeness (QED) is 0.244. The van der Waals surface area contributed by atoms with Crippen LogP contribution in [0.5, 0.6) is 11.8 Å². The molecule has 0 spiro atoms. The molecule has 0 unspecified atom stereocenters. The Bertz CT molecular complexity index is 1720. The highest BCUT2D eigenvalue weighted by atomic mass is 35.5. The third-order valence-corrected chi connectivity index (χ3v) is 9.07. The van der Waals surface area contributed by atoms with E-state index in [1.807, 2.05) is 4.72 Å². The average Bonchev–Trinajstić information content (AvgIpc) is 2.96. The molecule has 0 atom stereocenters. The van der Waals surface area contributed by atoms with Crippen molar-refractivity contribution in [1.82, 2.24) is 19.7 Å². The first kappa shape index (κ1) is 29.7. The minimum atomic E-state index is -4.56. The number of hydrogen-bond donors (Lipinski definition) is 2. The van der Waals surface area contributed by atoms with Crippen LogP contribution in [-0.2, 0) is 19.8 Å². The van der Waals surface area contributed by atoms with Gasteiger partial charge in [-0.1, -0.05) is 36.4 Å². The number of anilines is 1. The van der Waals surface area contributed by atoms with Gasteiger partial charge in [-0.25, -0.2) is 22.1 Å². The van der Waals surface area contributed by atoms with Gasteiger partial charge in [0.2, 0.25) is 5.95 Å². The van der Waals surface area contributed by atoms with Crippen molar-refractivity contribution in [3.05, 3.63) is 84.7 Å². The number of aromatic nitrogens is 3. The van der Waals surface area contributed by atoms with Gasteiger partial charge in [0.05, 0.1) is 28.5 Å². The average molecular weight is 617 g/mol. The zero-order chi connectivity index (χ0) is 29.5. The summed E-state index contributed by atoms with van der Waals surface area (Å²) in [6.07, 6.45) is 0. The molecular formula is C26H25ClN6O6S2. The molecule has 0 aliphatic heterocycles. The highest BCUT2D eigenvalue weighted by Crippen LogP contribution is 2.33. The summed E-state index contributed by atoms with van der Waals surface area (Å²) in [5.41, 5.74) is 0.0690. The molecule has 0 saturated carbocycles. The number of sulfonamides is 1. The maximum Gasteiger partial charge on any atom is 0.335 e. The van der Waals surface area contributed by atoms with E-state index in [0.717, 1.165) is 0 Å². The molecule has 41 heavy (non-hydrogen) atoms. The van der Waals surface area contributed by atoms with Crippen LogP contribution in [0.4, 0.5) is 16.4 Å². The number of benzene rings is 3. The normalized spacial score (nSPS) is 11.4. The Hall–Kier alpha value is -4.27. The van der Waals surface area contributed by atoms with Crippen LogP contribution in [0, 0.1) is 6.92 Å². The molecule has 0 fully saturated rings. The summed E-state index contributed by atoms with van der Waals surface area (Å²) in [5.74, 6) is 0.000479. The molecule has 0 radical (unpaired) electrons. The van der Waals surface area contributed by atoms with Crippen LogP contribution in [0.15, 0.2) is 97.9 Å². The van der Waals surface area contributed by atoms with Gasteiger partial charge in [0.25, 0.3) is 10.0 Å². The van der Waals surface area contributed by atoms with Gasteiger partial charge in [0.1, 0.15) is 32.8 Å². The highest BCUT2D eigenvalue weighted by molar-refractivity contribution is 7.94. The standard InChI is InChI=1S/C26H25ClN6O6S2/c1-18-28-24(31-26(29-18)38-2)30-25(34)33-41(36,37)23-17-19(13-14-22(23)39-16-15-27)32-40(35,20-9-5-3-6-10-20)21-11-7-4-8-12-21/h3-14,17H,15-16H2,1-2H3,(H2,28,29,30,31,33,34). The lowest BCUT2D eigenvalue weighted by Gasteiger charge is -2.15. The Labute approximate surface area is 242 Å². The number of amides is 2. The minimum Gasteiger partial charge on any atom is -0.491 e. The third-order valence-electron chi connectivity index (χ3n) is 5.27. The van der Waals surface area contributed by atoms with Crippen molar-refractivity contribution in [3.63, 3.8) is 0 Å². The van der Waals surface area contributed by atoms with E-state index in [1.54, 1.807) is 67.6 Å². The van der Waals surface area contributed by atoms with Gasteiger partial charge in [-0.2, -0.15) is 19.3 Å². The van der Waals surface area contributed by atoms with Crippen molar-refractivity contribution in [1.29, 1.82) is 0 Å². The van der Waals surface area contributed by atoms with Crippen LogP contribution in [0.3, 0.4) is 0 Å². The highest BCUT2D eigenvalue weighted by Gasteiger charge is 2.25. The van der Waals surface area contributed by atoms with E-state index >= 15 is 0 Å². The van der Waals surface area contributed by atoms with E-state index in [0.29, 0.717) is 9.79 Å². The Balaban J connectivity index is 1.76. The number of halogens is 1. The van der Waals surface area contributed by atoms with Crippen LogP contribution in [0.1, 0.15) is 5.82 Å². The summed E-state index contributed by atoms with van der Waals surface area (Å²) >= 11 is 5.74. The lowest BCUT2D eigenvalue weighted by molar-refractivity contribution is 0.256. The summed E-state index contributed by atoms with van der Waals surface area (Å²) in [5, 5.41) is 2.24. The van der Waals surface area contributed by atoms with E-state index in [1.165, 1.54) is 25.3 Å². The predicted molar refractivity (Wildman–Crippen MR) is 153 cm³/mol. The molecule has 2 amide bonds. The number of rotatable bonds is 10. The first-order valence-corrected chi connectivity index (χ1v) is 15.5. The maximum absolute atomic E-state index is 14.4. The lowest BCUT2D eigenvalue weighted by Crippen LogP contribution is -2.35. The maximum atomic E-state index is 14.4. The van der Waals surface area contributed by atoms with Crippen molar-refractivity contribution >= 4 is 49.0 Å². The molecule has 4 aromatic rings. The lowest BCUT2D eigenvalue weighted by atomic mass is 10.3. The zero-order valence-corrected chi connectivity index (χ0v) is 24.2. The van der Waals surface area contributed by atoms with Crippen LogP contribution in [0.25, 0.3) is 0 Å². The summed E-state index contributed by atoms with van der Waals surface area (Å²) in [6.45, 7) is 1.53. The number of carbonyl (C=O) groups excluding carboxylic acids is 1. The number of hydrogen-bond acceptors (Lipinski definition) is 10. The monoisotopic (exact) mass is 616 g/mol. The molecule has 15 heteroatoms. The van der Waals surface area contributed by atoms with Crippen molar-refractivity contribution in [3.8, 4) is 11.8 Å². The van der Waals surface area contributed by atoms with Crippen molar-refractivity contribution in [2.45, 2.75) is 21.6 Å². The molecule has 0 bridgehead atoms. The Morgan fingerprint density at radius 2 is 1.56 bits per heavy atom. The molecule has 0 aliphatic carbocycles. The van der Waals surface area contributed by atoms with Gasteiger partial charge >= 0.3 is 12.0 Å². The first-order chi connectivity index (χ1) is 19.6. The molecule has 1 aromatic heterocycles. The Morgan fingerprint density at radius 1 is 0.927 bits per heavy atom. The molecule has 4 rings (SSSR count). The number of nitrogens with zero attached hydrogens (tertiary/aromatic N) is 4. The van der Waals surface area contributed by atoms with Gasteiger partial charge in [-0.3, -0.25) is 5.32 Å². The van der Waals surface area contributed by atoms with Crippen LogP contribution in [-0.4, -0.2) is 53.2 Å². The number of aryl methyl sites for hydroxylation is 1. The van der Waals surface area contributed by atoms with Crippen molar-refractivity contribution < 1.29 is 26.9 Å². The zero-order valence-electron chi connectivity index (χ0n) is 21.9. The summed E-state index contributed by atoms with van der Waals surface area (Å²) in [4.78, 5) is 24.8. The molecule has 0 saturated heterocycles. The summed E-state index contributed by atoms with van der Waals surface area (Å²) < 4.78 is 58.0. The molecule has 0 aliphatic rings. The second-order valence-corrected chi connectivity index (χ2v) is 12.4. The second-order valence-electron chi connectivity index (χ2n) is 8.16. The van der Waals surface area contributed by atoms with Gasteiger partial charge in [0, 0.05) is 0 Å². The van der Waals surface area contributed by atoms with Gasteiger partial charge in [-0.05, 0) is 49.4 Å². The van der Waals surface area contributed by atoms with Crippen LogP contribution < -0.4 is 19.5 Å². The van der Waals surface area contributed by atoms with Gasteiger partial charge in [-0.15, -0.1) is 11.6 Å². The molecule has 214 valence electrons. The summed E-state index contributed by atoms with van der Waals surface area (Å²) in [7, 11) is -6.46. The number of nitrogens with one attached hydrogen (secondary N) is 2. The molecule has 3 aromatic carbocycles. The van der Waals surface area contributed by atoms with Gasteiger partial charge in [0.15, 0.2) is 0 Å². The van der Waals surface area contributed by atoms with E-state index in [9.17, 15) is 17.4 Å². The molecule has 1 heterocycles. The fourth-order valence-corrected chi connectivity index (χ4v) is 6.64. The number of methoxy groups -OCH3 is 1. The molecule has 2 N–H and O–H groups in total. The Morgan fingerprint density at radius 3 is 2.15 bits per heavy atom. The van der Waals surface area contributed by atoms with Crippen molar-refractivity contribution in [2.75, 3.05) is 24.9 Å². The fraction of sp³-hybridized carbons (Fsp3) is 0.154. The SMILES string of the molecule is COc1nc(C)nc(NC(=O)NS(=O)(=O)c2cc(N=S(=O)(c3ccccc3)c3ccccc3)ccc2OCCCl)n1. The smallest absolute Gasteiger partial charge is 0.335 e. The number of ether oxygens (including phenoxy) is 2. The number of carbonyl (C=O) groups is 1. The predicted octanol–water partition coefficient (Wildman–Crippen LogP) is 4.53. The Kier molecular flexibility index (Phi) is 9.37. The third kappa shape index (κ3) is 7.28. The van der Waals surface area contributed by atoms with E-state index in [4.69, 9.17) is 21.1 Å². The number of urea groups is 1. The second kappa shape index (κ2) is 12.9. The molecular weight excluding hydrogens is 592 g/mol. The van der Waals surface area contributed by atoms with E-state index in [2.05, 4.69) is 24.6 Å². The fourth-order valence-electron chi connectivity index (χ4n) is 3.54. The first-order valence-electron chi connectivity index (χ1n) is 12.0. The van der Waals surface area contributed by atoms with Crippen molar-refractivity contribution in [2.24, 2.45) is 4.36 Å². The van der Waals surface area contributed by atoms with E-state index < -0.39 is 30.7 Å². The molecule has 12 nitrogen and oxygen atoms in total. The topological polar surface area (TPSA) is 162 Å². The van der Waals surface area contributed by atoms with Crippen LogP contribution >= 0.6 is 11.6 Å². The minimum absolute atomic E-state index is 0.0124. The van der Waals surface area contributed by atoms with Crippen LogP contribution in [0.2, 0.25) is 0 Å².